The van der Waals surface area contributed by atoms with E-state index in [4.69, 9.17) is 4.52 Å². The van der Waals surface area contributed by atoms with Gasteiger partial charge in [0.1, 0.15) is 5.82 Å². The lowest BCUT2D eigenvalue weighted by molar-refractivity contribution is 0.422. The zero-order chi connectivity index (χ0) is 12.5. The molecule has 2 aromatic rings. The van der Waals surface area contributed by atoms with E-state index < -0.39 is 0 Å². The number of nitrogens with one attached hydrogen (secondary N) is 1. The SMILES string of the molecule is CNc1onc2c1CCC(c1ccc(F)cc1)C2. The van der Waals surface area contributed by atoms with Gasteiger partial charge in [-0.1, -0.05) is 17.3 Å². The van der Waals surface area contributed by atoms with Crippen LogP contribution >= 0.6 is 0 Å². The molecular weight excluding hydrogens is 231 g/mol. The second-order valence-corrected chi connectivity index (χ2v) is 4.68. The second kappa shape index (κ2) is 4.44. The van der Waals surface area contributed by atoms with Crippen molar-refractivity contribution in [3.8, 4) is 0 Å². The van der Waals surface area contributed by atoms with Crippen LogP contribution in [0.2, 0.25) is 0 Å². The predicted octanol–water partition coefficient (Wildman–Crippen LogP) is 3.13. The van der Waals surface area contributed by atoms with E-state index >= 15 is 0 Å². The van der Waals surface area contributed by atoms with E-state index in [0.717, 1.165) is 30.8 Å². The van der Waals surface area contributed by atoms with Crippen molar-refractivity contribution in [3.63, 3.8) is 0 Å². The number of aromatic nitrogens is 1. The van der Waals surface area contributed by atoms with Crippen molar-refractivity contribution in [1.29, 1.82) is 0 Å². The molecule has 0 saturated carbocycles. The first-order chi connectivity index (χ1) is 8.78. The number of anilines is 1. The van der Waals surface area contributed by atoms with Crippen LogP contribution in [-0.4, -0.2) is 12.2 Å². The number of halogens is 1. The zero-order valence-corrected chi connectivity index (χ0v) is 10.2. The first-order valence-corrected chi connectivity index (χ1v) is 6.18. The molecular formula is C14H15FN2O. The molecule has 0 bridgehead atoms. The third-order valence-electron chi connectivity index (χ3n) is 3.62. The van der Waals surface area contributed by atoms with Crippen molar-refractivity contribution in [3.05, 3.63) is 46.9 Å². The number of fused-ring (bicyclic) bond motifs is 1. The Balaban J connectivity index is 1.84. The number of hydrogen-bond donors (Lipinski definition) is 1. The molecule has 0 aliphatic heterocycles. The number of benzene rings is 1. The van der Waals surface area contributed by atoms with Crippen molar-refractivity contribution in [2.45, 2.75) is 25.2 Å². The fraction of sp³-hybridized carbons (Fsp3) is 0.357. The minimum Gasteiger partial charge on any atom is -0.357 e. The van der Waals surface area contributed by atoms with Crippen LogP contribution in [0.5, 0.6) is 0 Å². The predicted molar refractivity (Wildman–Crippen MR) is 67.2 cm³/mol. The summed E-state index contributed by atoms with van der Waals surface area (Å²) in [6.07, 6.45) is 2.87. The molecule has 0 radical (unpaired) electrons. The summed E-state index contributed by atoms with van der Waals surface area (Å²) in [6, 6.07) is 6.77. The molecule has 3 rings (SSSR count). The molecule has 1 atom stereocenters. The summed E-state index contributed by atoms with van der Waals surface area (Å²) in [5, 5.41) is 7.13. The third-order valence-corrected chi connectivity index (χ3v) is 3.62. The van der Waals surface area contributed by atoms with Crippen LogP contribution in [0.15, 0.2) is 28.8 Å². The highest BCUT2D eigenvalue weighted by Gasteiger charge is 2.25. The molecule has 94 valence electrons. The van der Waals surface area contributed by atoms with Gasteiger partial charge in [0.05, 0.1) is 5.69 Å². The molecule has 4 heteroatoms. The molecule has 1 aliphatic carbocycles. The van der Waals surface area contributed by atoms with Crippen LogP contribution in [0, 0.1) is 5.82 Å². The van der Waals surface area contributed by atoms with Gasteiger partial charge in [0.25, 0.3) is 0 Å². The van der Waals surface area contributed by atoms with E-state index in [1.54, 1.807) is 0 Å². The van der Waals surface area contributed by atoms with E-state index in [-0.39, 0.29) is 5.82 Å². The minimum atomic E-state index is -0.186. The van der Waals surface area contributed by atoms with Crippen molar-refractivity contribution >= 4 is 5.88 Å². The standard InChI is InChI=1S/C14H15FN2O/c1-16-14-12-7-4-10(8-13(12)17-18-14)9-2-5-11(15)6-3-9/h2-3,5-6,10,16H,4,7-8H2,1H3. The number of nitrogens with zero attached hydrogens (tertiary/aromatic N) is 1. The third kappa shape index (κ3) is 1.88. The lowest BCUT2D eigenvalue weighted by Gasteiger charge is -2.21. The van der Waals surface area contributed by atoms with E-state index in [1.165, 1.54) is 23.3 Å². The summed E-state index contributed by atoms with van der Waals surface area (Å²) >= 11 is 0. The fourth-order valence-electron chi connectivity index (χ4n) is 2.63. The Morgan fingerprint density at radius 2 is 2.11 bits per heavy atom. The quantitative estimate of drug-likeness (QED) is 0.884. The van der Waals surface area contributed by atoms with Gasteiger partial charge in [-0.2, -0.15) is 0 Å². The summed E-state index contributed by atoms with van der Waals surface area (Å²) in [5.74, 6) is 1.00. The molecule has 0 saturated heterocycles. The Morgan fingerprint density at radius 1 is 1.33 bits per heavy atom. The number of hydrogen-bond acceptors (Lipinski definition) is 3. The highest BCUT2D eigenvalue weighted by Crippen LogP contribution is 2.35. The largest absolute Gasteiger partial charge is 0.357 e. The maximum Gasteiger partial charge on any atom is 0.227 e. The zero-order valence-electron chi connectivity index (χ0n) is 10.2. The maximum atomic E-state index is 12.9. The van der Waals surface area contributed by atoms with Gasteiger partial charge in [-0.3, -0.25) is 0 Å². The number of rotatable bonds is 2. The lowest BCUT2D eigenvalue weighted by atomic mass is 9.83. The molecule has 0 amide bonds. The normalized spacial score (nSPS) is 18.4. The Labute approximate surface area is 105 Å². The molecule has 1 aromatic heterocycles. The fourth-order valence-corrected chi connectivity index (χ4v) is 2.63. The second-order valence-electron chi connectivity index (χ2n) is 4.68. The van der Waals surface area contributed by atoms with Gasteiger partial charge in [0.15, 0.2) is 0 Å². The Morgan fingerprint density at radius 3 is 2.83 bits per heavy atom. The van der Waals surface area contributed by atoms with Gasteiger partial charge >= 0.3 is 0 Å². The Bertz CT molecular complexity index is 547. The van der Waals surface area contributed by atoms with Crippen LogP contribution in [0.3, 0.4) is 0 Å². The van der Waals surface area contributed by atoms with Gasteiger partial charge in [-0.15, -0.1) is 0 Å². The molecule has 0 fully saturated rings. The van der Waals surface area contributed by atoms with Gasteiger partial charge in [0, 0.05) is 19.0 Å². The topological polar surface area (TPSA) is 38.1 Å². The molecule has 1 aromatic carbocycles. The van der Waals surface area contributed by atoms with Crippen LogP contribution in [-0.2, 0) is 12.8 Å². The average molecular weight is 246 g/mol. The van der Waals surface area contributed by atoms with Crippen LogP contribution < -0.4 is 5.32 Å². The van der Waals surface area contributed by atoms with Crippen LogP contribution in [0.4, 0.5) is 10.3 Å². The van der Waals surface area contributed by atoms with Crippen molar-refractivity contribution in [2.24, 2.45) is 0 Å². The van der Waals surface area contributed by atoms with Gasteiger partial charge in [-0.25, -0.2) is 4.39 Å². The van der Waals surface area contributed by atoms with Crippen molar-refractivity contribution in [2.75, 3.05) is 12.4 Å². The van der Waals surface area contributed by atoms with E-state index in [0.29, 0.717) is 5.92 Å². The summed E-state index contributed by atoms with van der Waals surface area (Å²) in [6.45, 7) is 0. The molecule has 1 heterocycles. The van der Waals surface area contributed by atoms with E-state index in [2.05, 4.69) is 10.5 Å². The van der Waals surface area contributed by atoms with Gasteiger partial charge in [-0.05, 0) is 36.5 Å². The summed E-state index contributed by atoms with van der Waals surface area (Å²) in [4.78, 5) is 0. The molecule has 1 N–H and O–H groups in total. The molecule has 18 heavy (non-hydrogen) atoms. The van der Waals surface area contributed by atoms with Crippen LogP contribution in [0.25, 0.3) is 0 Å². The van der Waals surface area contributed by atoms with Crippen LogP contribution in [0.1, 0.15) is 29.2 Å². The van der Waals surface area contributed by atoms with Gasteiger partial charge in [0.2, 0.25) is 5.88 Å². The minimum absolute atomic E-state index is 0.186. The summed E-state index contributed by atoms with van der Waals surface area (Å²) < 4.78 is 18.2. The molecule has 1 unspecified atom stereocenters. The lowest BCUT2D eigenvalue weighted by Crippen LogP contribution is -2.12. The smallest absolute Gasteiger partial charge is 0.227 e. The van der Waals surface area contributed by atoms with E-state index in [9.17, 15) is 4.39 Å². The Kier molecular flexibility index (Phi) is 2.78. The monoisotopic (exact) mass is 246 g/mol. The summed E-state index contributed by atoms with van der Waals surface area (Å²) in [7, 11) is 1.84. The van der Waals surface area contributed by atoms with E-state index in [1.807, 2.05) is 19.2 Å². The maximum absolute atomic E-state index is 12.9. The van der Waals surface area contributed by atoms with Gasteiger partial charge < -0.3 is 9.84 Å². The average Bonchev–Trinajstić information content (AvgIpc) is 2.81. The highest BCUT2D eigenvalue weighted by molar-refractivity contribution is 5.45. The molecule has 1 aliphatic rings. The highest BCUT2D eigenvalue weighted by atomic mass is 19.1. The first kappa shape index (κ1) is 11.3. The molecule has 3 nitrogen and oxygen atoms in total. The first-order valence-electron chi connectivity index (χ1n) is 6.18. The van der Waals surface area contributed by atoms with Crippen molar-refractivity contribution in [1.82, 2.24) is 5.16 Å². The Hall–Kier alpha value is -1.84. The molecule has 0 spiro atoms. The summed E-state index contributed by atoms with van der Waals surface area (Å²) in [5.41, 5.74) is 3.40. The van der Waals surface area contributed by atoms with Crippen molar-refractivity contribution < 1.29 is 8.91 Å².